The molecule has 0 atom stereocenters. The number of pyridine rings is 1. The molecular weight excluding hydrogens is 338 g/mol. The Morgan fingerprint density at radius 1 is 1.33 bits per heavy atom. The van der Waals surface area contributed by atoms with E-state index in [1.54, 1.807) is 11.1 Å². The third-order valence-corrected chi connectivity index (χ3v) is 5.96. The second-order valence-corrected chi connectivity index (χ2v) is 7.94. The highest BCUT2D eigenvalue weighted by Gasteiger charge is 2.41. The molecule has 3 rings (SSSR count). The Labute approximate surface area is 163 Å². The highest BCUT2D eigenvalue weighted by molar-refractivity contribution is 5.85. The quantitative estimate of drug-likeness (QED) is 0.616. The van der Waals surface area contributed by atoms with Gasteiger partial charge in [0.05, 0.1) is 0 Å². The summed E-state index contributed by atoms with van der Waals surface area (Å²) in [7, 11) is 1.84. The van der Waals surface area contributed by atoms with E-state index in [2.05, 4.69) is 27.1 Å². The molecule has 0 aromatic carbocycles. The minimum Gasteiger partial charge on any atom is -0.357 e. The Morgan fingerprint density at radius 3 is 2.85 bits per heavy atom. The molecule has 1 saturated heterocycles. The van der Waals surface area contributed by atoms with Gasteiger partial charge in [-0.3, -0.25) is 9.78 Å². The molecule has 1 aromatic rings. The van der Waals surface area contributed by atoms with Crippen LogP contribution in [0.25, 0.3) is 0 Å². The predicted molar refractivity (Wildman–Crippen MR) is 109 cm³/mol. The van der Waals surface area contributed by atoms with Gasteiger partial charge in [0, 0.05) is 51.5 Å². The van der Waals surface area contributed by atoms with Gasteiger partial charge in [0.25, 0.3) is 0 Å². The van der Waals surface area contributed by atoms with E-state index in [-0.39, 0.29) is 12.5 Å². The van der Waals surface area contributed by atoms with Crippen LogP contribution < -0.4 is 5.32 Å². The molecule has 2 aliphatic rings. The maximum Gasteiger partial charge on any atom is 0.244 e. The minimum atomic E-state index is 0.0520. The Hall–Kier alpha value is -2.11. The number of likely N-dealkylation sites (tertiary alicyclic amines) is 1. The number of aromatic nitrogens is 1. The molecule has 0 radical (unpaired) electrons. The Bertz CT molecular complexity index is 639. The molecule has 1 amide bonds. The number of guanidine groups is 1. The summed E-state index contributed by atoms with van der Waals surface area (Å²) in [4.78, 5) is 25.6. The molecule has 0 unspecified atom stereocenters. The van der Waals surface area contributed by atoms with E-state index in [4.69, 9.17) is 0 Å². The van der Waals surface area contributed by atoms with Crippen molar-refractivity contribution in [3.63, 3.8) is 0 Å². The topological polar surface area (TPSA) is 60.8 Å². The van der Waals surface area contributed by atoms with E-state index in [1.807, 2.05) is 25.2 Å². The molecule has 1 aliphatic carbocycles. The smallest absolute Gasteiger partial charge is 0.244 e. The van der Waals surface area contributed by atoms with Crippen LogP contribution in [0.1, 0.15) is 44.7 Å². The molecule has 27 heavy (non-hydrogen) atoms. The monoisotopic (exact) mass is 371 g/mol. The maximum absolute atomic E-state index is 12.5. The fraction of sp³-hybridized carbons (Fsp3) is 0.667. The van der Waals surface area contributed by atoms with Gasteiger partial charge in [-0.2, -0.15) is 0 Å². The zero-order chi connectivity index (χ0) is 19.1. The first-order chi connectivity index (χ1) is 13.1. The molecule has 0 bridgehead atoms. The van der Waals surface area contributed by atoms with Crippen LogP contribution in [0.2, 0.25) is 0 Å². The zero-order valence-electron chi connectivity index (χ0n) is 16.8. The van der Waals surface area contributed by atoms with Gasteiger partial charge in [-0.05, 0) is 43.7 Å². The summed E-state index contributed by atoms with van der Waals surface area (Å²) in [6, 6.07) is 5.87. The first kappa shape index (κ1) is 19.6. The fourth-order valence-corrected chi connectivity index (χ4v) is 4.29. The van der Waals surface area contributed by atoms with Gasteiger partial charge in [-0.15, -0.1) is 0 Å². The summed E-state index contributed by atoms with van der Waals surface area (Å²) >= 11 is 0. The number of rotatable bonds is 6. The van der Waals surface area contributed by atoms with Crippen molar-refractivity contribution in [3.8, 4) is 0 Å². The second kappa shape index (κ2) is 9.20. The summed E-state index contributed by atoms with van der Waals surface area (Å²) in [5.41, 5.74) is 1.51. The number of carbonyl (C=O) groups excluding carboxylic acids is 1. The molecule has 6 nitrogen and oxygen atoms in total. The standard InChI is InChI=1S/C21H33N5O/c1-3-22-20(26-15-12-21(17-26)10-5-6-11-21)24-16-19(27)25(2)14-9-18-8-4-7-13-23-18/h4,7-8,13H,3,5-6,9-12,14-17H2,1-2H3,(H,22,24). The molecule has 2 heterocycles. The molecule has 1 aliphatic heterocycles. The van der Waals surface area contributed by atoms with Gasteiger partial charge in [-0.1, -0.05) is 18.9 Å². The summed E-state index contributed by atoms with van der Waals surface area (Å²) in [5.74, 6) is 0.948. The number of amides is 1. The van der Waals surface area contributed by atoms with Gasteiger partial charge >= 0.3 is 0 Å². The second-order valence-electron chi connectivity index (χ2n) is 7.94. The summed E-state index contributed by atoms with van der Waals surface area (Å²) in [6.45, 7) is 5.90. The van der Waals surface area contributed by atoms with Crippen LogP contribution in [-0.2, 0) is 11.2 Å². The van der Waals surface area contributed by atoms with Crippen LogP contribution in [0.15, 0.2) is 29.4 Å². The zero-order valence-corrected chi connectivity index (χ0v) is 16.8. The van der Waals surface area contributed by atoms with E-state index in [1.165, 1.54) is 32.1 Å². The number of hydrogen-bond acceptors (Lipinski definition) is 3. The van der Waals surface area contributed by atoms with E-state index < -0.39 is 0 Å². The lowest BCUT2D eigenvalue weighted by molar-refractivity contribution is -0.128. The van der Waals surface area contributed by atoms with Crippen molar-refractivity contribution < 1.29 is 4.79 Å². The molecule has 148 valence electrons. The molecule has 1 spiro atoms. The molecule has 1 saturated carbocycles. The summed E-state index contributed by atoms with van der Waals surface area (Å²) in [5, 5.41) is 3.38. The van der Waals surface area contributed by atoms with Crippen LogP contribution >= 0.6 is 0 Å². The fourth-order valence-electron chi connectivity index (χ4n) is 4.29. The summed E-state index contributed by atoms with van der Waals surface area (Å²) in [6.07, 6.45) is 9.23. The van der Waals surface area contributed by atoms with Crippen LogP contribution in [0, 0.1) is 5.41 Å². The van der Waals surface area contributed by atoms with Crippen molar-refractivity contribution in [2.24, 2.45) is 10.4 Å². The molecular formula is C21H33N5O. The van der Waals surface area contributed by atoms with Gasteiger partial charge in [0.2, 0.25) is 5.91 Å². The highest BCUT2D eigenvalue weighted by atomic mass is 16.2. The Kier molecular flexibility index (Phi) is 6.69. The lowest BCUT2D eigenvalue weighted by Crippen LogP contribution is -2.42. The number of hydrogen-bond donors (Lipinski definition) is 1. The third kappa shape index (κ3) is 5.21. The highest BCUT2D eigenvalue weighted by Crippen LogP contribution is 2.45. The average molecular weight is 372 g/mol. The van der Waals surface area contributed by atoms with Crippen molar-refractivity contribution in [2.75, 3.05) is 39.8 Å². The molecule has 1 N–H and O–H groups in total. The van der Waals surface area contributed by atoms with Crippen molar-refractivity contribution in [2.45, 2.75) is 45.4 Å². The van der Waals surface area contributed by atoms with Crippen molar-refractivity contribution in [3.05, 3.63) is 30.1 Å². The first-order valence-corrected chi connectivity index (χ1v) is 10.3. The van der Waals surface area contributed by atoms with Crippen LogP contribution in [0.5, 0.6) is 0 Å². The normalized spacial score (nSPS) is 18.9. The van der Waals surface area contributed by atoms with Gasteiger partial charge in [0.15, 0.2) is 5.96 Å². The van der Waals surface area contributed by atoms with Crippen molar-refractivity contribution in [1.82, 2.24) is 20.1 Å². The molecule has 1 aromatic heterocycles. The van der Waals surface area contributed by atoms with E-state index in [0.717, 1.165) is 37.7 Å². The number of aliphatic imine (C=N–C) groups is 1. The number of carbonyl (C=O) groups is 1. The largest absolute Gasteiger partial charge is 0.357 e. The number of likely N-dealkylation sites (N-methyl/N-ethyl adjacent to an activating group) is 1. The predicted octanol–water partition coefficient (Wildman–Crippen LogP) is 2.31. The van der Waals surface area contributed by atoms with Gasteiger partial charge < -0.3 is 15.1 Å². The Balaban J connectivity index is 1.52. The third-order valence-electron chi connectivity index (χ3n) is 5.96. The minimum absolute atomic E-state index is 0.0520. The van der Waals surface area contributed by atoms with Gasteiger partial charge in [0.1, 0.15) is 6.54 Å². The molecule has 2 fully saturated rings. The van der Waals surface area contributed by atoms with Crippen LogP contribution in [0.3, 0.4) is 0 Å². The first-order valence-electron chi connectivity index (χ1n) is 10.3. The van der Waals surface area contributed by atoms with Crippen molar-refractivity contribution >= 4 is 11.9 Å². The van der Waals surface area contributed by atoms with E-state index >= 15 is 0 Å². The van der Waals surface area contributed by atoms with E-state index in [0.29, 0.717) is 12.0 Å². The maximum atomic E-state index is 12.5. The average Bonchev–Trinajstić information content (AvgIpc) is 3.33. The number of nitrogens with one attached hydrogen (secondary N) is 1. The van der Waals surface area contributed by atoms with Gasteiger partial charge in [-0.25, -0.2) is 4.99 Å². The SMILES string of the molecule is CCNC(=NCC(=O)N(C)CCc1ccccn1)N1CCC2(CCCC2)C1. The van der Waals surface area contributed by atoms with Crippen LogP contribution in [0.4, 0.5) is 0 Å². The Morgan fingerprint density at radius 2 is 2.15 bits per heavy atom. The van der Waals surface area contributed by atoms with Crippen LogP contribution in [-0.4, -0.2) is 66.4 Å². The lowest BCUT2D eigenvalue weighted by atomic mass is 9.86. The van der Waals surface area contributed by atoms with Crippen molar-refractivity contribution in [1.29, 1.82) is 0 Å². The van der Waals surface area contributed by atoms with E-state index in [9.17, 15) is 4.79 Å². The summed E-state index contributed by atoms with van der Waals surface area (Å²) < 4.78 is 0. The molecule has 6 heteroatoms. The number of nitrogens with zero attached hydrogens (tertiary/aromatic N) is 4. The lowest BCUT2D eigenvalue weighted by Gasteiger charge is -2.26.